The largest absolute Gasteiger partial charge is 0.495 e. The average Bonchev–Trinajstić information content (AvgIpc) is 2.95. The maximum Gasteiger partial charge on any atom is 0.434 e. The van der Waals surface area contributed by atoms with E-state index in [0.29, 0.717) is 52.3 Å². The molecule has 1 aromatic heterocycles. The third-order valence-electron chi connectivity index (χ3n) is 4.80. The van der Waals surface area contributed by atoms with E-state index in [-0.39, 0.29) is 5.69 Å². The molecule has 0 bridgehead atoms. The lowest BCUT2D eigenvalue weighted by Gasteiger charge is -2.36. The fraction of sp³-hybridized carbons (Fsp3) is 0.444. The van der Waals surface area contributed by atoms with Gasteiger partial charge in [-0.15, -0.1) is 0 Å². The molecular weight excluding hydrogens is 468 g/mol. The van der Waals surface area contributed by atoms with Crippen LogP contribution < -0.4 is 9.64 Å². The van der Waals surface area contributed by atoms with Crippen LogP contribution in [0.1, 0.15) is 11.4 Å². The number of benzene rings is 1. The molecule has 1 saturated heterocycles. The monoisotopic (exact) mass is 484 g/mol. The van der Waals surface area contributed by atoms with Crippen molar-refractivity contribution in [3.05, 3.63) is 38.6 Å². The zero-order valence-corrected chi connectivity index (χ0v) is 18.3. The number of carbonyl (C=O) groups excluding carboxylic acids is 1. The highest BCUT2D eigenvalue weighted by Gasteiger charge is 2.39. The predicted octanol–water partition coefficient (Wildman–Crippen LogP) is 4.53. The van der Waals surface area contributed by atoms with Gasteiger partial charge in [-0.05, 0) is 13.0 Å². The van der Waals surface area contributed by atoms with Gasteiger partial charge in [0.05, 0.1) is 33.6 Å². The molecule has 1 aliphatic rings. The number of halogens is 6. The number of alkyl halides is 3. The molecule has 2 heterocycles. The first-order chi connectivity index (χ1) is 14.0. The molecule has 1 fully saturated rings. The maximum absolute atomic E-state index is 13.3. The Morgan fingerprint density at radius 2 is 1.77 bits per heavy atom. The van der Waals surface area contributed by atoms with Crippen molar-refractivity contribution in [1.82, 2.24) is 14.7 Å². The third kappa shape index (κ3) is 4.58. The molecule has 1 aliphatic heterocycles. The average molecular weight is 486 g/mol. The van der Waals surface area contributed by atoms with E-state index in [1.807, 2.05) is 4.90 Å². The summed E-state index contributed by atoms with van der Waals surface area (Å²) in [5, 5.41) is 4.11. The minimum absolute atomic E-state index is 0.0212. The van der Waals surface area contributed by atoms with E-state index in [9.17, 15) is 18.0 Å². The molecule has 1 amide bonds. The van der Waals surface area contributed by atoms with E-state index < -0.39 is 29.3 Å². The lowest BCUT2D eigenvalue weighted by Crippen LogP contribution is -2.50. The molecule has 3 rings (SSSR count). The summed E-state index contributed by atoms with van der Waals surface area (Å²) in [6, 6.07) is 3.30. The highest BCUT2D eigenvalue weighted by molar-refractivity contribution is 6.37. The Kier molecular flexibility index (Phi) is 6.64. The van der Waals surface area contributed by atoms with Crippen molar-refractivity contribution in [3.63, 3.8) is 0 Å². The number of aryl methyl sites for hydroxylation is 1. The molecular formula is C18H18Cl3F3N4O2. The summed E-state index contributed by atoms with van der Waals surface area (Å²) in [4.78, 5) is 16.0. The number of hydrogen-bond donors (Lipinski definition) is 0. The van der Waals surface area contributed by atoms with Crippen molar-refractivity contribution in [3.8, 4) is 5.75 Å². The van der Waals surface area contributed by atoms with Gasteiger partial charge in [0.15, 0.2) is 5.69 Å². The highest BCUT2D eigenvalue weighted by Crippen LogP contribution is 2.37. The quantitative estimate of drug-likeness (QED) is 0.639. The zero-order chi connectivity index (χ0) is 22.2. The number of ether oxygens (including phenoxy) is 1. The number of hydrogen-bond acceptors (Lipinski definition) is 4. The second-order valence-electron chi connectivity index (χ2n) is 6.71. The standard InChI is InChI=1S/C18H18Cl3F3N4O2/c1-10-16(21)17(18(22,23)24)28(25-10)9-15(29)27-5-3-26(4-6-27)13-8-14(30-2)12(20)7-11(13)19/h7-8H,3-6,9H2,1-2H3. The molecule has 30 heavy (non-hydrogen) atoms. The van der Waals surface area contributed by atoms with Gasteiger partial charge < -0.3 is 14.5 Å². The van der Waals surface area contributed by atoms with Crippen LogP contribution in [0.4, 0.5) is 18.9 Å². The Labute approximate surface area is 186 Å². The second-order valence-corrected chi connectivity index (χ2v) is 7.90. The molecule has 2 aromatic rings. The van der Waals surface area contributed by atoms with E-state index in [1.54, 1.807) is 12.1 Å². The van der Waals surface area contributed by atoms with Crippen molar-refractivity contribution in [1.29, 1.82) is 0 Å². The van der Waals surface area contributed by atoms with Crippen LogP contribution in [0.5, 0.6) is 5.75 Å². The zero-order valence-electron chi connectivity index (χ0n) is 16.1. The van der Waals surface area contributed by atoms with Crippen molar-refractivity contribution < 1.29 is 22.7 Å². The summed E-state index contributed by atoms with van der Waals surface area (Å²) in [6.45, 7) is 2.34. The van der Waals surface area contributed by atoms with E-state index in [0.717, 1.165) is 0 Å². The van der Waals surface area contributed by atoms with Gasteiger partial charge in [0.25, 0.3) is 0 Å². The summed E-state index contributed by atoms with van der Waals surface area (Å²) in [5.41, 5.74) is -0.388. The Bertz CT molecular complexity index is 957. The van der Waals surface area contributed by atoms with E-state index >= 15 is 0 Å². The number of carbonyl (C=O) groups is 1. The summed E-state index contributed by atoms with van der Waals surface area (Å²) in [6.07, 6.45) is -4.71. The fourth-order valence-corrected chi connectivity index (χ4v) is 4.11. The Hall–Kier alpha value is -1.84. The van der Waals surface area contributed by atoms with Crippen molar-refractivity contribution in [2.75, 3.05) is 38.2 Å². The van der Waals surface area contributed by atoms with Crippen molar-refractivity contribution in [2.24, 2.45) is 0 Å². The van der Waals surface area contributed by atoms with Crippen LogP contribution in [-0.2, 0) is 17.5 Å². The van der Waals surface area contributed by atoms with Gasteiger partial charge in [0, 0.05) is 32.2 Å². The molecule has 0 radical (unpaired) electrons. The summed E-state index contributed by atoms with van der Waals surface area (Å²) in [7, 11) is 1.49. The molecule has 0 unspecified atom stereocenters. The maximum atomic E-state index is 13.3. The molecule has 0 aliphatic carbocycles. The van der Waals surface area contributed by atoms with Crippen molar-refractivity contribution >= 4 is 46.4 Å². The van der Waals surface area contributed by atoms with Crippen LogP contribution in [-0.4, -0.2) is 53.9 Å². The van der Waals surface area contributed by atoms with E-state index in [1.165, 1.54) is 18.9 Å². The van der Waals surface area contributed by atoms with Crippen LogP contribution >= 0.6 is 34.8 Å². The Morgan fingerprint density at radius 3 is 2.33 bits per heavy atom. The van der Waals surface area contributed by atoms with Gasteiger partial charge in [-0.1, -0.05) is 34.8 Å². The number of anilines is 1. The molecule has 6 nitrogen and oxygen atoms in total. The molecule has 0 atom stereocenters. The molecule has 0 spiro atoms. The third-order valence-corrected chi connectivity index (χ3v) is 5.85. The number of piperazine rings is 1. The number of amides is 1. The summed E-state index contributed by atoms with van der Waals surface area (Å²) < 4.78 is 45.7. The molecule has 12 heteroatoms. The molecule has 0 saturated carbocycles. The summed E-state index contributed by atoms with van der Waals surface area (Å²) in [5.74, 6) is -0.000663. The molecule has 1 aromatic carbocycles. The SMILES string of the molecule is COc1cc(N2CCN(C(=O)Cn3nc(C)c(Cl)c3C(F)(F)F)CC2)c(Cl)cc1Cl. The lowest BCUT2D eigenvalue weighted by atomic mass is 10.2. The van der Waals surface area contributed by atoms with Gasteiger partial charge >= 0.3 is 6.18 Å². The van der Waals surface area contributed by atoms with Gasteiger partial charge in [-0.3, -0.25) is 4.79 Å². The number of nitrogens with zero attached hydrogens (tertiary/aromatic N) is 4. The molecule has 0 N–H and O–H groups in total. The van der Waals surface area contributed by atoms with E-state index in [4.69, 9.17) is 39.5 Å². The first-order valence-corrected chi connectivity index (χ1v) is 10.0. The second kappa shape index (κ2) is 8.72. The van der Waals surface area contributed by atoms with Crippen LogP contribution in [0, 0.1) is 6.92 Å². The van der Waals surface area contributed by atoms with Crippen LogP contribution in [0.3, 0.4) is 0 Å². The predicted molar refractivity (Wildman–Crippen MR) is 109 cm³/mol. The van der Waals surface area contributed by atoms with E-state index in [2.05, 4.69) is 5.10 Å². The summed E-state index contributed by atoms with van der Waals surface area (Å²) >= 11 is 18.1. The smallest absolute Gasteiger partial charge is 0.434 e. The first-order valence-electron chi connectivity index (χ1n) is 8.88. The minimum atomic E-state index is -4.71. The molecule has 164 valence electrons. The van der Waals surface area contributed by atoms with Gasteiger partial charge in [0.2, 0.25) is 5.91 Å². The van der Waals surface area contributed by atoms with Crippen LogP contribution in [0.2, 0.25) is 15.1 Å². The highest BCUT2D eigenvalue weighted by atomic mass is 35.5. The van der Waals surface area contributed by atoms with Crippen molar-refractivity contribution in [2.45, 2.75) is 19.6 Å². The Balaban J connectivity index is 1.69. The Morgan fingerprint density at radius 1 is 1.13 bits per heavy atom. The van der Waals surface area contributed by atoms with Gasteiger partial charge in [-0.25, -0.2) is 4.68 Å². The van der Waals surface area contributed by atoms with Gasteiger partial charge in [-0.2, -0.15) is 18.3 Å². The number of aromatic nitrogens is 2. The van der Waals surface area contributed by atoms with Crippen LogP contribution in [0.25, 0.3) is 0 Å². The fourth-order valence-electron chi connectivity index (χ4n) is 3.29. The lowest BCUT2D eigenvalue weighted by molar-refractivity contribution is -0.145. The number of methoxy groups -OCH3 is 1. The normalized spacial score (nSPS) is 14.9. The topological polar surface area (TPSA) is 50.6 Å². The number of rotatable bonds is 4. The minimum Gasteiger partial charge on any atom is -0.495 e. The first kappa shape index (κ1) is 22.8. The van der Waals surface area contributed by atoms with Gasteiger partial charge in [0.1, 0.15) is 12.3 Å². The van der Waals surface area contributed by atoms with Crippen LogP contribution in [0.15, 0.2) is 12.1 Å².